The second kappa shape index (κ2) is 6.32. The standard InChI is InChI=1S/C16H22N6O3/c1-16(2,3)13-4-9(19-20-13)6-17-14(24)11-5-12-15(25)18-7-10(23)8-22(12)21-11/h4-5,10,23H,6-8H2,1-3H3,(H,17,24)(H,18,25)(H,19,20). The molecule has 9 nitrogen and oxygen atoms in total. The second-order valence-electron chi connectivity index (χ2n) is 7.17. The first kappa shape index (κ1) is 17.2. The number of hydrogen-bond donors (Lipinski definition) is 4. The second-order valence-corrected chi connectivity index (χ2v) is 7.17. The summed E-state index contributed by atoms with van der Waals surface area (Å²) in [4.78, 5) is 24.2. The van der Waals surface area contributed by atoms with Gasteiger partial charge in [-0.15, -0.1) is 0 Å². The van der Waals surface area contributed by atoms with Crippen molar-refractivity contribution in [2.75, 3.05) is 6.54 Å². The van der Waals surface area contributed by atoms with E-state index in [1.165, 1.54) is 10.7 Å². The fraction of sp³-hybridized carbons (Fsp3) is 0.500. The van der Waals surface area contributed by atoms with E-state index >= 15 is 0 Å². The van der Waals surface area contributed by atoms with Gasteiger partial charge in [-0.3, -0.25) is 19.4 Å². The molecule has 0 spiro atoms. The average molecular weight is 346 g/mol. The van der Waals surface area contributed by atoms with Gasteiger partial charge in [0.1, 0.15) is 5.69 Å². The maximum Gasteiger partial charge on any atom is 0.272 e. The molecule has 4 N–H and O–H groups in total. The largest absolute Gasteiger partial charge is 0.389 e. The Kier molecular flexibility index (Phi) is 4.34. The van der Waals surface area contributed by atoms with Crippen LogP contribution in [0.5, 0.6) is 0 Å². The number of fused-ring (bicyclic) bond motifs is 1. The van der Waals surface area contributed by atoms with Crippen LogP contribution in [0.25, 0.3) is 0 Å². The van der Waals surface area contributed by atoms with Crippen LogP contribution in [0.1, 0.15) is 53.1 Å². The van der Waals surface area contributed by atoms with Gasteiger partial charge in [0.05, 0.1) is 30.6 Å². The zero-order valence-corrected chi connectivity index (χ0v) is 14.5. The molecule has 0 saturated heterocycles. The summed E-state index contributed by atoms with van der Waals surface area (Å²) in [5, 5.41) is 26.3. The molecule has 134 valence electrons. The Morgan fingerprint density at radius 3 is 2.88 bits per heavy atom. The minimum atomic E-state index is -0.734. The van der Waals surface area contributed by atoms with Gasteiger partial charge in [0, 0.05) is 18.0 Å². The van der Waals surface area contributed by atoms with Crippen molar-refractivity contribution >= 4 is 11.8 Å². The Balaban J connectivity index is 1.68. The molecule has 2 aromatic heterocycles. The molecule has 1 aliphatic rings. The third kappa shape index (κ3) is 3.71. The maximum atomic E-state index is 12.3. The first-order valence-corrected chi connectivity index (χ1v) is 8.11. The van der Waals surface area contributed by atoms with Gasteiger partial charge in [0.15, 0.2) is 5.69 Å². The van der Waals surface area contributed by atoms with Gasteiger partial charge in [0.25, 0.3) is 11.8 Å². The molecule has 1 unspecified atom stereocenters. The van der Waals surface area contributed by atoms with E-state index in [9.17, 15) is 14.7 Å². The quantitative estimate of drug-likeness (QED) is 0.619. The van der Waals surface area contributed by atoms with Crippen LogP contribution in [-0.4, -0.2) is 49.5 Å². The van der Waals surface area contributed by atoms with Gasteiger partial charge in [-0.05, 0) is 6.07 Å². The number of β-amino-alcohol motifs (C(OH)–C–C–N with tert-alkyl or cyclic N) is 1. The molecule has 9 heteroatoms. The molecule has 0 aromatic carbocycles. The minimum Gasteiger partial charge on any atom is -0.389 e. The topological polar surface area (TPSA) is 125 Å². The van der Waals surface area contributed by atoms with E-state index in [1.54, 1.807) is 0 Å². The van der Waals surface area contributed by atoms with Crippen molar-refractivity contribution < 1.29 is 14.7 Å². The predicted molar refractivity (Wildman–Crippen MR) is 89.0 cm³/mol. The Morgan fingerprint density at radius 1 is 1.44 bits per heavy atom. The van der Waals surface area contributed by atoms with E-state index in [0.29, 0.717) is 0 Å². The predicted octanol–water partition coefficient (Wildman–Crippen LogP) is -0.0620. The highest BCUT2D eigenvalue weighted by molar-refractivity contribution is 5.98. The summed E-state index contributed by atoms with van der Waals surface area (Å²) < 4.78 is 1.36. The summed E-state index contributed by atoms with van der Waals surface area (Å²) in [6.07, 6.45) is -0.734. The Labute approximate surface area is 144 Å². The highest BCUT2D eigenvalue weighted by Gasteiger charge is 2.24. The van der Waals surface area contributed by atoms with Crippen molar-refractivity contribution in [1.82, 2.24) is 30.6 Å². The van der Waals surface area contributed by atoms with Crippen molar-refractivity contribution in [2.24, 2.45) is 0 Å². The van der Waals surface area contributed by atoms with Crippen LogP contribution in [0, 0.1) is 0 Å². The summed E-state index contributed by atoms with van der Waals surface area (Å²) in [6.45, 7) is 6.78. The number of aliphatic hydroxyl groups is 1. The zero-order chi connectivity index (χ0) is 18.2. The molecule has 0 bridgehead atoms. The Bertz CT molecular complexity index is 801. The molecule has 0 saturated carbocycles. The molecule has 1 atom stereocenters. The summed E-state index contributed by atoms with van der Waals surface area (Å²) in [6, 6.07) is 3.34. The van der Waals surface area contributed by atoms with Gasteiger partial charge < -0.3 is 15.7 Å². The van der Waals surface area contributed by atoms with E-state index in [0.717, 1.165) is 11.4 Å². The van der Waals surface area contributed by atoms with Crippen LogP contribution >= 0.6 is 0 Å². The third-order valence-corrected chi connectivity index (χ3v) is 3.97. The maximum absolute atomic E-state index is 12.3. The molecule has 3 rings (SSSR count). The van der Waals surface area contributed by atoms with Crippen molar-refractivity contribution in [3.8, 4) is 0 Å². The lowest BCUT2D eigenvalue weighted by Gasteiger charge is -2.13. The van der Waals surface area contributed by atoms with Crippen molar-refractivity contribution in [3.63, 3.8) is 0 Å². The van der Waals surface area contributed by atoms with Gasteiger partial charge in [-0.25, -0.2) is 0 Å². The van der Waals surface area contributed by atoms with E-state index in [1.807, 2.05) is 6.07 Å². The lowest BCUT2D eigenvalue weighted by Crippen LogP contribution is -2.30. The lowest BCUT2D eigenvalue weighted by atomic mass is 9.92. The van der Waals surface area contributed by atoms with E-state index < -0.39 is 12.0 Å². The van der Waals surface area contributed by atoms with Crippen LogP contribution in [0.2, 0.25) is 0 Å². The number of carbonyl (C=O) groups excluding carboxylic acids is 2. The van der Waals surface area contributed by atoms with Crippen molar-refractivity contribution in [1.29, 1.82) is 0 Å². The van der Waals surface area contributed by atoms with Gasteiger partial charge in [-0.2, -0.15) is 10.2 Å². The molecule has 2 aromatic rings. The van der Waals surface area contributed by atoms with Crippen LogP contribution < -0.4 is 10.6 Å². The summed E-state index contributed by atoms with van der Waals surface area (Å²) in [5.41, 5.74) is 2.02. The normalized spacial score (nSPS) is 17.6. The highest BCUT2D eigenvalue weighted by Crippen LogP contribution is 2.20. The number of H-pyrrole nitrogens is 1. The van der Waals surface area contributed by atoms with Gasteiger partial charge in [0.2, 0.25) is 0 Å². The molecule has 2 amide bonds. The fourth-order valence-corrected chi connectivity index (χ4v) is 2.52. The van der Waals surface area contributed by atoms with E-state index in [-0.39, 0.29) is 42.3 Å². The number of amides is 2. The first-order chi connectivity index (χ1) is 11.7. The molecule has 25 heavy (non-hydrogen) atoms. The average Bonchev–Trinajstić information content (AvgIpc) is 3.14. The monoisotopic (exact) mass is 346 g/mol. The van der Waals surface area contributed by atoms with E-state index in [4.69, 9.17) is 0 Å². The van der Waals surface area contributed by atoms with Crippen LogP contribution in [-0.2, 0) is 18.5 Å². The number of carbonyl (C=O) groups is 2. The number of rotatable bonds is 3. The lowest BCUT2D eigenvalue weighted by molar-refractivity contribution is 0.0931. The summed E-state index contributed by atoms with van der Waals surface area (Å²) >= 11 is 0. The van der Waals surface area contributed by atoms with Crippen LogP contribution in [0.15, 0.2) is 12.1 Å². The smallest absolute Gasteiger partial charge is 0.272 e. The molecular formula is C16H22N6O3. The van der Waals surface area contributed by atoms with E-state index in [2.05, 4.69) is 46.7 Å². The van der Waals surface area contributed by atoms with Gasteiger partial charge in [-0.1, -0.05) is 20.8 Å². The number of nitrogens with zero attached hydrogens (tertiary/aromatic N) is 3. The molecule has 3 heterocycles. The van der Waals surface area contributed by atoms with Crippen molar-refractivity contribution in [3.05, 3.63) is 34.9 Å². The SMILES string of the molecule is CC(C)(C)c1cc(CNC(=O)c2cc3n(n2)CC(O)CNC3=O)[nH]n1. The number of hydrogen-bond acceptors (Lipinski definition) is 5. The van der Waals surface area contributed by atoms with Gasteiger partial charge >= 0.3 is 0 Å². The molecule has 0 fully saturated rings. The number of aliphatic hydroxyl groups excluding tert-OH is 1. The molecule has 0 radical (unpaired) electrons. The number of aromatic nitrogens is 4. The number of aromatic amines is 1. The number of nitrogens with one attached hydrogen (secondary N) is 3. The summed E-state index contributed by atoms with van der Waals surface area (Å²) in [7, 11) is 0. The zero-order valence-electron chi connectivity index (χ0n) is 14.5. The Morgan fingerprint density at radius 2 is 2.20 bits per heavy atom. The molecular weight excluding hydrogens is 324 g/mol. The van der Waals surface area contributed by atoms with Crippen LogP contribution in [0.3, 0.4) is 0 Å². The Hall–Kier alpha value is -2.68. The minimum absolute atomic E-state index is 0.0750. The first-order valence-electron chi connectivity index (χ1n) is 8.11. The van der Waals surface area contributed by atoms with Crippen LogP contribution in [0.4, 0.5) is 0 Å². The third-order valence-electron chi connectivity index (χ3n) is 3.97. The molecule has 1 aliphatic heterocycles. The fourth-order valence-electron chi connectivity index (χ4n) is 2.52. The van der Waals surface area contributed by atoms with Crippen molar-refractivity contribution in [2.45, 2.75) is 45.4 Å². The molecule has 0 aliphatic carbocycles. The highest BCUT2D eigenvalue weighted by atomic mass is 16.3. The summed E-state index contributed by atoms with van der Waals surface area (Å²) in [5.74, 6) is -0.749.